The van der Waals surface area contributed by atoms with Crippen LogP contribution < -0.4 is 20.2 Å². The van der Waals surface area contributed by atoms with E-state index in [1.165, 1.54) is 13.8 Å². The van der Waals surface area contributed by atoms with Crippen molar-refractivity contribution >= 4 is 46.1 Å². The topological polar surface area (TPSA) is 77.3 Å². The molecular weight excluding hydrogens is 427 g/mol. The van der Waals surface area contributed by atoms with E-state index in [1.54, 1.807) is 36.4 Å². The summed E-state index contributed by atoms with van der Waals surface area (Å²) in [6.45, 7) is 2.95. The lowest BCUT2D eigenvalue weighted by atomic mass is 10.1. The van der Waals surface area contributed by atoms with Crippen LogP contribution in [0.25, 0.3) is 0 Å². The molecule has 0 unspecified atom stereocenters. The van der Waals surface area contributed by atoms with Gasteiger partial charge in [0.15, 0.2) is 34.6 Å². The summed E-state index contributed by atoms with van der Waals surface area (Å²) in [6, 6.07) is 9.89. The highest BCUT2D eigenvalue weighted by atomic mass is 35.5. The van der Waals surface area contributed by atoms with Gasteiger partial charge in [-0.25, -0.2) is 9.98 Å². The standard InChI is InChI=1S/C22H12Cl2N2O4/c1-9(27)11-3-5-15-13(7-11)25-19-17(23)22-20(18(24)21(19)29-15)26-14-8-12(10(2)28)4-6-16(14)30-22/h3-8H,1-2H3. The van der Waals surface area contributed by atoms with Crippen molar-refractivity contribution in [2.75, 3.05) is 0 Å². The van der Waals surface area contributed by atoms with Gasteiger partial charge in [0.1, 0.15) is 32.1 Å². The second-order valence-corrected chi connectivity index (χ2v) is 7.64. The molecule has 3 aromatic rings. The molecule has 0 radical (unpaired) electrons. The average molecular weight is 439 g/mol. The highest BCUT2D eigenvalue weighted by Crippen LogP contribution is 2.42. The summed E-state index contributed by atoms with van der Waals surface area (Å²) in [5, 5.41) is 0.974. The molecule has 0 bridgehead atoms. The second kappa shape index (κ2) is 6.65. The number of rotatable bonds is 2. The first-order chi connectivity index (χ1) is 14.3. The average Bonchev–Trinajstić information content (AvgIpc) is 2.74. The maximum Gasteiger partial charge on any atom is 0.175 e. The van der Waals surface area contributed by atoms with Crippen molar-refractivity contribution < 1.29 is 19.1 Å². The Morgan fingerprint density at radius 3 is 1.50 bits per heavy atom. The molecule has 0 spiro atoms. The molecule has 148 valence electrons. The van der Waals surface area contributed by atoms with Crippen molar-refractivity contribution in [2.45, 2.75) is 13.8 Å². The monoisotopic (exact) mass is 438 g/mol. The van der Waals surface area contributed by atoms with E-state index in [0.717, 1.165) is 0 Å². The highest BCUT2D eigenvalue weighted by Gasteiger charge is 2.27. The minimum Gasteiger partial charge on any atom is -0.451 e. The molecule has 0 saturated heterocycles. The van der Waals surface area contributed by atoms with Gasteiger partial charge in [0.25, 0.3) is 0 Å². The number of nitrogens with zero attached hydrogens (tertiary/aromatic N) is 2. The lowest BCUT2D eigenvalue weighted by Crippen LogP contribution is -2.22. The molecule has 30 heavy (non-hydrogen) atoms. The predicted octanol–water partition coefficient (Wildman–Crippen LogP) is 5.51. The number of halogens is 2. The number of fused-ring (bicyclic) bond motifs is 4. The molecule has 3 aromatic carbocycles. The van der Waals surface area contributed by atoms with Crippen molar-refractivity contribution in [3.63, 3.8) is 0 Å². The van der Waals surface area contributed by atoms with E-state index in [9.17, 15) is 9.59 Å². The summed E-state index contributed by atoms with van der Waals surface area (Å²) in [6.07, 6.45) is 0. The smallest absolute Gasteiger partial charge is 0.175 e. The van der Waals surface area contributed by atoms with Crippen LogP contribution in [0.15, 0.2) is 46.4 Å². The maximum atomic E-state index is 11.7. The molecule has 0 aliphatic carbocycles. The number of carbonyl (C=O) groups excluding carboxylic acids is 2. The third kappa shape index (κ3) is 2.80. The largest absolute Gasteiger partial charge is 0.451 e. The number of hydrogen-bond acceptors (Lipinski definition) is 6. The molecule has 2 aliphatic rings. The molecule has 2 aliphatic heterocycles. The zero-order valence-corrected chi connectivity index (χ0v) is 17.3. The van der Waals surface area contributed by atoms with Gasteiger partial charge in [-0.3, -0.25) is 9.59 Å². The van der Waals surface area contributed by atoms with Gasteiger partial charge in [0.05, 0.1) is 0 Å². The molecule has 0 atom stereocenters. The zero-order chi connectivity index (χ0) is 21.2. The van der Waals surface area contributed by atoms with Crippen LogP contribution in [0.2, 0.25) is 10.0 Å². The van der Waals surface area contributed by atoms with Crippen molar-refractivity contribution in [2.24, 2.45) is 9.98 Å². The molecule has 8 heteroatoms. The Balaban J connectivity index is 1.76. The van der Waals surface area contributed by atoms with Crippen LogP contribution in [0, 0.1) is 0 Å². The molecule has 0 fully saturated rings. The van der Waals surface area contributed by atoms with E-state index in [-0.39, 0.29) is 33.1 Å². The molecule has 2 heterocycles. The summed E-state index contributed by atoms with van der Waals surface area (Å²) in [5.41, 5.74) is 1.94. The van der Waals surface area contributed by atoms with E-state index in [0.29, 0.717) is 44.7 Å². The Morgan fingerprint density at radius 1 is 0.733 bits per heavy atom. The lowest BCUT2D eigenvalue weighted by Gasteiger charge is -2.21. The van der Waals surface area contributed by atoms with Crippen LogP contribution in [0.3, 0.4) is 0 Å². The first-order valence-corrected chi connectivity index (χ1v) is 9.73. The van der Waals surface area contributed by atoms with Gasteiger partial charge >= 0.3 is 0 Å². The number of carbonyl (C=O) groups is 2. The molecule has 0 aromatic heterocycles. The summed E-state index contributed by atoms with van der Waals surface area (Å²) < 4.78 is 11.9. The van der Waals surface area contributed by atoms with Crippen molar-refractivity contribution in [3.05, 3.63) is 68.3 Å². The maximum absolute atomic E-state index is 11.7. The molecular formula is C22H12Cl2N2O4. The first-order valence-electron chi connectivity index (χ1n) is 8.97. The highest BCUT2D eigenvalue weighted by molar-refractivity contribution is 6.35. The van der Waals surface area contributed by atoms with Crippen LogP contribution in [-0.4, -0.2) is 11.6 Å². The molecule has 6 nitrogen and oxygen atoms in total. The summed E-state index contributed by atoms with van der Waals surface area (Å²) in [7, 11) is 0. The molecule has 0 amide bonds. The van der Waals surface area contributed by atoms with E-state index in [1.807, 2.05) is 0 Å². The number of hydrogen-bond donors (Lipinski definition) is 0. The normalized spacial score (nSPS) is 12.7. The SMILES string of the molecule is CC(=O)c1ccc2c(c1)N=c1c(Cl)c3c(c(Cl)c1O2)=Nc1cc(C(C)=O)ccc1O3. The lowest BCUT2D eigenvalue weighted by molar-refractivity contribution is 0.100. The van der Waals surface area contributed by atoms with Gasteiger partial charge in [0, 0.05) is 11.1 Å². The van der Waals surface area contributed by atoms with E-state index < -0.39 is 0 Å². The van der Waals surface area contributed by atoms with E-state index in [2.05, 4.69) is 9.98 Å². The molecule has 0 saturated carbocycles. The van der Waals surface area contributed by atoms with Crippen LogP contribution in [-0.2, 0) is 0 Å². The number of benzene rings is 3. The first kappa shape index (κ1) is 18.8. The summed E-state index contributed by atoms with van der Waals surface area (Å²) >= 11 is 13.2. The van der Waals surface area contributed by atoms with Crippen LogP contribution in [0.4, 0.5) is 11.4 Å². The number of ether oxygens (including phenoxy) is 2. The van der Waals surface area contributed by atoms with Gasteiger partial charge in [-0.1, -0.05) is 23.2 Å². The van der Waals surface area contributed by atoms with Crippen molar-refractivity contribution in [1.82, 2.24) is 0 Å². The van der Waals surface area contributed by atoms with Gasteiger partial charge < -0.3 is 9.47 Å². The third-order valence-electron chi connectivity index (χ3n) is 4.86. The van der Waals surface area contributed by atoms with Crippen LogP contribution in [0.5, 0.6) is 23.0 Å². The minimum atomic E-state index is -0.0861. The fourth-order valence-corrected chi connectivity index (χ4v) is 3.80. The van der Waals surface area contributed by atoms with Gasteiger partial charge in [0.2, 0.25) is 0 Å². The van der Waals surface area contributed by atoms with Crippen molar-refractivity contribution in [3.8, 4) is 23.0 Å². The Morgan fingerprint density at radius 2 is 1.13 bits per heavy atom. The minimum absolute atomic E-state index is 0.0861. The van der Waals surface area contributed by atoms with Gasteiger partial charge in [-0.2, -0.15) is 0 Å². The number of ketones is 2. The van der Waals surface area contributed by atoms with Crippen molar-refractivity contribution in [1.29, 1.82) is 0 Å². The Bertz CT molecular complexity index is 1320. The van der Waals surface area contributed by atoms with Crippen LogP contribution >= 0.6 is 23.2 Å². The summed E-state index contributed by atoms with van der Waals surface area (Å²) in [4.78, 5) is 32.5. The molecule has 0 N–H and O–H groups in total. The van der Waals surface area contributed by atoms with E-state index in [4.69, 9.17) is 32.7 Å². The number of Topliss-reactive ketones (excluding diaryl/α,β-unsaturated/α-hetero) is 2. The van der Waals surface area contributed by atoms with E-state index >= 15 is 0 Å². The Hall–Kier alpha value is -3.22. The Kier molecular flexibility index (Phi) is 4.17. The Labute approximate surface area is 180 Å². The fraction of sp³-hybridized carbons (Fsp3) is 0.0909. The second-order valence-electron chi connectivity index (χ2n) is 6.89. The molecule has 5 rings (SSSR count). The summed E-state index contributed by atoms with van der Waals surface area (Å²) in [5.74, 6) is 1.22. The fourth-order valence-electron chi connectivity index (χ4n) is 3.29. The quantitative estimate of drug-likeness (QED) is 0.340. The van der Waals surface area contributed by atoms with Gasteiger partial charge in [-0.15, -0.1) is 0 Å². The third-order valence-corrected chi connectivity index (χ3v) is 5.57. The predicted molar refractivity (Wildman–Crippen MR) is 111 cm³/mol. The van der Waals surface area contributed by atoms with Crippen LogP contribution in [0.1, 0.15) is 34.6 Å². The van der Waals surface area contributed by atoms with Gasteiger partial charge in [-0.05, 0) is 50.2 Å². The zero-order valence-electron chi connectivity index (χ0n) is 15.7.